The molecule has 7 unspecified atom stereocenters. The Bertz CT molecular complexity index is 902. The Labute approximate surface area is 205 Å². The Kier molecular flexibility index (Phi) is 6.49. The van der Waals surface area contributed by atoms with Crippen LogP contribution in [0.2, 0.25) is 0 Å². The van der Waals surface area contributed by atoms with Crippen molar-refractivity contribution in [2.24, 2.45) is 29.6 Å². The first-order chi connectivity index (χ1) is 14.6. The lowest BCUT2D eigenvalue weighted by Crippen LogP contribution is -2.50. The van der Waals surface area contributed by atoms with Crippen molar-refractivity contribution in [2.45, 2.75) is 36.0 Å². The minimum atomic E-state index is -1.04. The standard InChI is InChI=1S/C22H22Br3NO5/c1-9(2)19(22(30)31-8-14(27)10-3-5-11(23)6-4-10)26-20(28)15-12-7-13(16(15)21(26)29)18(25)17(12)24/h3-6,9,12-13,15-19H,7-8H2,1-2H3. The van der Waals surface area contributed by atoms with Gasteiger partial charge in [0.25, 0.3) is 0 Å². The van der Waals surface area contributed by atoms with Crippen LogP contribution >= 0.6 is 47.8 Å². The Hall–Kier alpha value is -1.06. The molecule has 0 radical (unpaired) electrons. The van der Waals surface area contributed by atoms with Gasteiger partial charge in [0, 0.05) is 19.7 Å². The van der Waals surface area contributed by atoms with E-state index in [1.807, 2.05) is 0 Å². The molecule has 1 aromatic rings. The molecule has 1 saturated heterocycles. The van der Waals surface area contributed by atoms with Crippen molar-refractivity contribution in [3.8, 4) is 0 Å². The number of carbonyl (C=O) groups is 4. The van der Waals surface area contributed by atoms with Crippen LogP contribution in [0.15, 0.2) is 28.7 Å². The summed E-state index contributed by atoms with van der Waals surface area (Å²) in [5.74, 6) is -2.63. The number of hydrogen-bond acceptors (Lipinski definition) is 5. The first-order valence-corrected chi connectivity index (χ1v) is 12.9. The van der Waals surface area contributed by atoms with Gasteiger partial charge < -0.3 is 4.74 Å². The van der Waals surface area contributed by atoms with E-state index in [1.165, 1.54) is 0 Å². The van der Waals surface area contributed by atoms with E-state index in [-0.39, 0.29) is 45.0 Å². The minimum absolute atomic E-state index is 0.0728. The van der Waals surface area contributed by atoms with Gasteiger partial charge in [-0.3, -0.25) is 19.3 Å². The number of fused-ring (bicyclic) bond motifs is 5. The second kappa shape index (κ2) is 8.71. The average Bonchev–Trinajstić information content (AvgIpc) is 3.33. The number of ether oxygens (including phenoxy) is 1. The molecule has 1 aliphatic heterocycles. The van der Waals surface area contributed by atoms with Gasteiger partial charge in [-0.15, -0.1) is 0 Å². The Morgan fingerprint density at radius 1 is 1.03 bits per heavy atom. The molecule has 6 nitrogen and oxygen atoms in total. The maximum Gasteiger partial charge on any atom is 0.330 e. The number of Topliss-reactive ketones (excluding diaryl/α,β-unsaturated/α-hetero) is 1. The fourth-order valence-electron chi connectivity index (χ4n) is 5.26. The molecule has 2 aliphatic carbocycles. The van der Waals surface area contributed by atoms with E-state index in [0.717, 1.165) is 15.8 Å². The van der Waals surface area contributed by atoms with Crippen LogP contribution in [0.25, 0.3) is 0 Å². The largest absolute Gasteiger partial charge is 0.456 e. The van der Waals surface area contributed by atoms with E-state index in [1.54, 1.807) is 38.1 Å². The molecule has 0 aromatic heterocycles. The molecule has 1 heterocycles. The molecular weight excluding hydrogens is 598 g/mol. The first-order valence-electron chi connectivity index (χ1n) is 10.2. The van der Waals surface area contributed by atoms with Gasteiger partial charge in [-0.1, -0.05) is 73.8 Å². The highest BCUT2D eigenvalue weighted by molar-refractivity contribution is 9.12. The summed E-state index contributed by atoms with van der Waals surface area (Å²) in [7, 11) is 0. The van der Waals surface area contributed by atoms with Crippen LogP contribution < -0.4 is 0 Å². The minimum Gasteiger partial charge on any atom is -0.456 e. The average molecular weight is 620 g/mol. The molecule has 166 valence electrons. The number of benzene rings is 1. The van der Waals surface area contributed by atoms with E-state index >= 15 is 0 Å². The van der Waals surface area contributed by atoms with Crippen molar-refractivity contribution < 1.29 is 23.9 Å². The summed E-state index contributed by atoms with van der Waals surface area (Å²) in [5.41, 5.74) is 0.420. The summed E-state index contributed by atoms with van der Waals surface area (Å²) < 4.78 is 6.13. The zero-order chi connectivity index (χ0) is 22.6. The van der Waals surface area contributed by atoms with Crippen LogP contribution in [0.3, 0.4) is 0 Å². The molecule has 0 N–H and O–H groups in total. The van der Waals surface area contributed by atoms with Crippen LogP contribution in [0.5, 0.6) is 0 Å². The number of alkyl halides is 2. The van der Waals surface area contributed by atoms with Crippen molar-refractivity contribution >= 4 is 71.4 Å². The smallest absolute Gasteiger partial charge is 0.330 e. The van der Waals surface area contributed by atoms with Crippen molar-refractivity contribution in [2.75, 3.05) is 6.61 Å². The lowest BCUT2D eigenvalue weighted by atomic mass is 9.81. The zero-order valence-electron chi connectivity index (χ0n) is 17.0. The molecule has 1 aromatic carbocycles. The molecule has 2 saturated carbocycles. The van der Waals surface area contributed by atoms with Gasteiger partial charge in [0.2, 0.25) is 11.8 Å². The van der Waals surface area contributed by atoms with Gasteiger partial charge in [0.15, 0.2) is 12.4 Å². The predicted molar refractivity (Wildman–Crippen MR) is 124 cm³/mol. The van der Waals surface area contributed by atoms with Crippen LogP contribution in [0, 0.1) is 29.6 Å². The quantitative estimate of drug-likeness (QED) is 0.208. The van der Waals surface area contributed by atoms with Crippen LogP contribution in [-0.2, 0) is 19.1 Å². The summed E-state index contributed by atoms with van der Waals surface area (Å²) in [6, 6.07) is 5.70. The van der Waals surface area contributed by atoms with E-state index in [9.17, 15) is 19.2 Å². The highest BCUT2D eigenvalue weighted by Crippen LogP contribution is 2.60. The normalized spacial score (nSPS) is 32.5. The Morgan fingerprint density at radius 2 is 1.55 bits per heavy atom. The number of amides is 2. The Balaban J connectivity index is 1.49. The third-order valence-corrected chi connectivity index (χ3v) is 10.4. The molecule has 2 amide bonds. The van der Waals surface area contributed by atoms with Gasteiger partial charge >= 0.3 is 5.97 Å². The monoisotopic (exact) mass is 617 g/mol. The molecule has 9 heteroatoms. The molecule has 3 fully saturated rings. The lowest BCUT2D eigenvalue weighted by Gasteiger charge is -2.28. The SMILES string of the molecule is CC(C)C(C(=O)OCC(=O)c1ccc(Br)cc1)N1C(=O)C2C3CC(C(Br)C3Br)C2C1=O. The van der Waals surface area contributed by atoms with Crippen LogP contribution in [-0.4, -0.2) is 50.8 Å². The molecule has 7 atom stereocenters. The van der Waals surface area contributed by atoms with E-state index in [0.29, 0.717) is 5.56 Å². The fraction of sp³-hybridized carbons (Fsp3) is 0.545. The van der Waals surface area contributed by atoms with Crippen molar-refractivity contribution in [3.05, 3.63) is 34.3 Å². The van der Waals surface area contributed by atoms with E-state index in [4.69, 9.17) is 4.74 Å². The molecule has 0 spiro atoms. The van der Waals surface area contributed by atoms with Gasteiger partial charge in [0.05, 0.1) is 11.8 Å². The molecular formula is C22H22Br3NO5. The number of halogens is 3. The summed E-state index contributed by atoms with van der Waals surface area (Å²) in [6.45, 7) is 3.10. The third kappa shape index (κ3) is 3.84. The number of ketones is 1. The van der Waals surface area contributed by atoms with Crippen molar-refractivity contribution in [1.82, 2.24) is 4.90 Å². The summed E-state index contributed by atoms with van der Waals surface area (Å²) in [6.07, 6.45) is 0.824. The number of esters is 1. The number of likely N-dealkylation sites (tertiary alicyclic amines) is 1. The Morgan fingerprint density at radius 3 is 2.03 bits per heavy atom. The van der Waals surface area contributed by atoms with Gasteiger partial charge in [-0.05, 0) is 36.3 Å². The van der Waals surface area contributed by atoms with E-state index in [2.05, 4.69) is 47.8 Å². The number of imide groups is 1. The summed E-state index contributed by atoms with van der Waals surface area (Å²) in [5, 5.41) is 0. The highest BCUT2D eigenvalue weighted by atomic mass is 79.9. The fourth-order valence-corrected chi connectivity index (χ4v) is 7.40. The second-order valence-electron chi connectivity index (χ2n) is 8.78. The van der Waals surface area contributed by atoms with Crippen molar-refractivity contribution in [3.63, 3.8) is 0 Å². The lowest BCUT2D eigenvalue weighted by molar-refractivity contribution is -0.160. The zero-order valence-corrected chi connectivity index (χ0v) is 21.7. The maximum absolute atomic E-state index is 13.3. The molecule has 2 bridgehead atoms. The summed E-state index contributed by atoms with van der Waals surface area (Å²) in [4.78, 5) is 53.2. The maximum atomic E-state index is 13.3. The van der Waals surface area contributed by atoms with E-state index < -0.39 is 30.5 Å². The predicted octanol–water partition coefficient (Wildman–Crippen LogP) is 3.98. The topological polar surface area (TPSA) is 80.8 Å². The van der Waals surface area contributed by atoms with Crippen LogP contribution in [0.1, 0.15) is 30.6 Å². The molecule has 3 aliphatic rings. The second-order valence-corrected chi connectivity index (χ2v) is 11.8. The third-order valence-electron chi connectivity index (χ3n) is 6.68. The molecule has 4 rings (SSSR count). The number of rotatable bonds is 6. The number of carbonyl (C=O) groups excluding carboxylic acids is 4. The van der Waals surface area contributed by atoms with Gasteiger partial charge in [0.1, 0.15) is 6.04 Å². The molecule has 31 heavy (non-hydrogen) atoms. The summed E-state index contributed by atoms with van der Waals surface area (Å²) >= 11 is 10.6. The van der Waals surface area contributed by atoms with Gasteiger partial charge in [-0.25, -0.2) is 4.79 Å². The van der Waals surface area contributed by atoms with Crippen molar-refractivity contribution in [1.29, 1.82) is 0 Å². The van der Waals surface area contributed by atoms with Gasteiger partial charge in [-0.2, -0.15) is 0 Å². The highest BCUT2D eigenvalue weighted by Gasteiger charge is 2.67. The first kappa shape index (κ1) is 23.1. The number of hydrogen-bond donors (Lipinski definition) is 0. The number of nitrogens with zero attached hydrogens (tertiary/aromatic N) is 1. The van der Waals surface area contributed by atoms with Crippen LogP contribution in [0.4, 0.5) is 0 Å².